The summed E-state index contributed by atoms with van der Waals surface area (Å²) in [5.41, 5.74) is 0. The van der Waals surface area contributed by atoms with Crippen molar-refractivity contribution in [1.29, 1.82) is 0 Å². The molecule has 2 rings (SSSR count). The first kappa shape index (κ1) is 12.9. The van der Waals surface area contributed by atoms with E-state index in [0.29, 0.717) is 17.7 Å². The van der Waals surface area contributed by atoms with Crippen LogP contribution in [0.2, 0.25) is 0 Å². The molecule has 0 spiro atoms. The molecule has 0 unspecified atom stereocenters. The third kappa shape index (κ3) is 3.02. The van der Waals surface area contributed by atoms with Crippen LogP contribution in [0.5, 0.6) is 0 Å². The fourth-order valence-corrected chi connectivity index (χ4v) is 3.71. The van der Waals surface area contributed by atoms with Crippen molar-refractivity contribution in [3.63, 3.8) is 0 Å². The van der Waals surface area contributed by atoms with Crippen LogP contribution in [0.4, 0.5) is 0 Å². The highest BCUT2D eigenvalue weighted by molar-refractivity contribution is 5.76. The Morgan fingerprint density at radius 1 is 1.35 bits per heavy atom. The normalized spacial score (nSPS) is 32.8. The highest BCUT2D eigenvalue weighted by Crippen LogP contribution is 2.49. The average Bonchev–Trinajstić information content (AvgIpc) is 2.90. The molecule has 2 bridgehead atoms. The Kier molecular flexibility index (Phi) is 4.11. The van der Waals surface area contributed by atoms with E-state index in [0.717, 1.165) is 31.2 Å². The van der Waals surface area contributed by atoms with Crippen LogP contribution in [0.1, 0.15) is 52.4 Å². The van der Waals surface area contributed by atoms with Gasteiger partial charge in [-0.1, -0.05) is 26.7 Å². The van der Waals surface area contributed by atoms with E-state index in [9.17, 15) is 4.79 Å². The molecule has 0 aromatic carbocycles. The summed E-state index contributed by atoms with van der Waals surface area (Å²) in [6.07, 6.45) is 7.52. The van der Waals surface area contributed by atoms with E-state index in [4.69, 9.17) is 0 Å². The highest BCUT2D eigenvalue weighted by Gasteiger charge is 2.40. The van der Waals surface area contributed by atoms with Gasteiger partial charge >= 0.3 is 0 Å². The van der Waals surface area contributed by atoms with E-state index < -0.39 is 0 Å². The fraction of sp³-hybridized carbons (Fsp3) is 0.933. The maximum Gasteiger partial charge on any atom is 0.222 e. The van der Waals surface area contributed by atoms with Crippen molar-refractivity contribution in [2.45, 2.75) is 52.4 Å². The first-order chi connectivity index (χ1) is 8.10. The minimum Gasteiger partial charge on any atom is -0.345 e. The molecule has 2 nitrogen and oxygen atoms in total. The van der Waals surface area contributed by atoms with E-state index in [2.05, 4.69) is 13.8 Å². The average molecular weight is 237 g/mol. The molecule has 2 fully saturated rings. The van der Waals surface area contributed by atoms with E-state index >= 15 is 0 Å². The molecule has 2 heteroatoms. The lowest BCUT2D eigenvalue weighted by Crippen LogP contribution is -2.33. The molecule has 2 saturated carbocycles. The molecule has 0 radical (unpaired) electrons. The zero-order valence-electron chi connectivity index (χ0n) is 11.6. The van der Waals surface area contributed by atoms with Gasteiger partial charge in [-0.3, -0.25) is 4.79 Å². The molecule has 0 N–H and O–H groups in total. The second-order valence-corrected chi connectivity index (χ2v) is 6.43. The molecule has 0 aromatic heterocycles. The van der Waals surface area contributed by atoms with Crippen LogP contribution >= 0.6 is 0 Å². The molecule has 98 valence electrons. The fourth-order valence-electron chi connectivity index (χ4n) is 3.71. The molecular formula is C15H27NO. The maximum atomic E-state index is 12.2. The van der Waals surface area contributed by atoms with Crippen molar-refractivity contribution in [1.82, 2.24) is 4.90 Å². The van der Waals surface area contributed by atoms with Crippen LogP contribution in [0.25, 0.3) is 0 Å². The lowest BCUT2D eigenvalue weighted by atomic mass is 9.86. The van der Waals surface area contributed by atoms with Gasteiger partial charge in [0.25, 0.3) is 0 Å². The second kappa shape index (κ2) is 5.41. The molecule has 0 heterocycles. The van der Waals surface area contributed by atoms with Crippen LogP contribution in [-0.4, -0.2) is 24.4 Å². The van der Waals surface area contributed by atoms with Gasteiger partial charge in [0, 0.05) is 20.0 Å². The van der Waals surface area contributed by atoms with E-state index in [1.54, 1.807) is 0 Å². The molecule has 17 heavy (non-hydrogen) atoms. The SMILES string of the molecule is CC[C@H](C)CN(C)C(=O)C[C@@H]1C[C@H]2CC[C@H]1C2. The predicted molar refractivity (Wildman–Crippen MR) is 70.6 cm³/mol. The molecule has 0 aromatic rings. The standard InChI is InChI=1S/C15H27NO/c1-4-11(2)10-16(3)15(17)9-14-8-12-5-6-13(14)7-12/h11-14H,4-10H2,1-3H3/t11-,12-,13-,14-/m0/s1. The highest BCUT2D eigenvalue weighted by atomic mass is 16.2. The van der Waals surface area contributed by atoms with Crippen molar-refractivity contribution in [3.05, 3.63) is 0 Å². The number of nitrogens with zero attached hydrogens (tertiary/aromatic N) is 1. The summed E-state index contributed by atoms with van der Waals surface area (Å²) in [6, 6.07) is 0. The van der Waals surface area contributed by atoms with Crippen LogP contribution in [0, 0.1) is 23.7 Å². The maximum absolute atomic E-state index is 12.2. The zero-order chi connectivity index (χ0) is 12.4. The van der Waals surface area contributed by atoms with Gasteiger partial charge in [-0.2, -0.15) is 0 Å². The van der Waals surface area contributed by atoms with Crippen molar-refractivity contribution in [3.8, 4) is 0 Å². The van der Waals surface area contributed by atoms with Crippen molar-refractivity contribution >= 4 is 5.91 Å². The first-order valence-corrected chi connectivity index (χ1v) is 7.34. The van der Waals surface area contributed by atoms with Gasteiger partial charge in [0.15, 0.2) is 0 Å². The van der Waals surface area contributed by atoms with Gasteiger partial charge in [0.05, 0.1) is 0 Å². The molecule has 2 aliphatic carbocycles. The van der Waals surface area contributed by atoms with E-state index in [1.165, 1.54) is 25.7 Å². The van der Waals surface area contributed by atoms with Crippen molar-refractivity contribution < 1.29 is 4.79 Å². The zero-order valence-corrected chi connectivity index (χ0v) is 11.6. The second-order valence-electron chi connectivity index (χ2n) is 6.43. The lowest BCUT2D eigenvalue weighted by molar-refractivity contribution is -0.131. The molecule has 1 amide bonds. The van der Waals surface area contributed by atoms with Crippen molar-refractivity contribution in [2.75, 3.05) is 13.6 Å². The Hall–Kier alpha value is -0.530. The van der Waals surface area contributed by atoms with Gasteiger partial charge in [-0.25, -0.2) is 0 Å². The number of fused-ring (bicyclic) bond motifs is 2. The Morgan fingerprint density at radius 3 is 2.65 bits per heavy atom. The van der Waals surface area contributed by atoms with Crippen LogP contribution in [0.3, 0.4) is 0 Å². The summed E-state index contributed by atoms with van der Waals surface area (Å²) in [5.74, 6) is 3.55. The summed E-state index contributed by atoms with van der Waals surface area (Å²) >= 11 is 0. The Balaban J connectivity index is 1.77. The predicted octanol–water partition coefficient (Wildman–Crippen LogP) is 3.32. The number of hydrogen-bond donors (Lipinski definition) is 0. The lowest BCUT2D eigenvalue weighted by Gasteiger charge is -2.25. The molecular weight excluding hydrogens is 210 g/mol. The number of amides is 1. The van der Waals surface area contributed by atoms with Gasteiger partial charge < -0.3 is 4.90 Å². The summed E-state index contributed by atoms with van der Waals surface area (Å²) in [7, 11) is 1.97. The monoisotopic (exact) mass is 237 g/mol. The largest absolute Gasteiger partial charge is 0.345 e. The smallest absolute Gasteiger partial charge is 0.222 e. The third-order valence-electron chi connectivity index (χ3n) is 5.03. The summed E-state index contributed by atoms with van der Waals surface area (Å²) in [5, 5.41) is 0. The third-order valence-corrected chi connectivity index (χ3v) is 5.03. The number of carbonyl (C=O) groups excluding carboxylic acids is 1. The summed E-state index contributed by atoms with van der Waals surface area (Å²) in [6.45, 7) is 5.34. The molecule has 0 aliphatic heterocycles. The molecule has 4 atom stereocenters. The van der Waals surface area contributed by atoms with Crippen LogP contribution < -0.4 is 0 Å². The summed E-state index contributed by atoms with van der Waals surface area (Å²) in [4.78, 5) is 14.1. The number of hydrogen-bond acceptors (Lipinski definition) is 1. The quantitative estimate of drug-likeness (QED) is 0.718. The number of carbonyl (C=O) groups is 1. The molecule has 0 saturated heterocycles. The first-order valence-electron chi connectivity index (χ1n) is 7.34. The van der Waals surface area contributed by atoms with Gasteiger partial charge in [-0.05, 0) is 42.9 Å². The summed E-state index contributed by atoms with van der Waals surface area (Å²) < 4.78 is 0. The Morgan fingerprint density at radius 2 is 2.12 bits per heavy atom. The van der Waals surface area contributed by atoms with E-state index in [-0.39, 0.29) is 0 Å². The minimum absolute atomic E-state index is 0.378. The molecule has 2 aliphatic rings. The van der Waals surface area contributed by atoms with Gasteiger partial charge in [-0.15, -0.1) is 0 Å². The number of rotatable bonds is 5. The van der Waals surface area contributed by atoms with Crippen molar-refractivity contribution in [2.24, 2.45) is 23.7 Å². The van der Waals surface area contributed by atoms with Gasteiger partial charge in [0.1, 0.15) is 0 Å². The Labute approximate surface area is 106 Å². The van der Waals surface area contributed by atoms with Crippen LogP contribution in [0.15, 0.2) is 0 Å². The Bertz CT molecular complexity index is 276. The van der Waals surface area contributed by atoms with Gasteiger partial charge in [0.2, 0.25) is 5.91 Å². The topological polar surface area (TPSA) is 20.3 Å². The minimum atomic E-state index is 0.378. The van der Waals surface area contributed by atoms with E-state index in [1.807, 2.05) is 11.9 Å². The van der Waals surface area contributed by atoms with Crippen LogP contribution in [-0.2, 0) is 4.79 Å².